The normalized spacial score (nSPS) is 10.4. The Morgan fingerprint density at radius 3 is 2.10 bits per heavy atom. The predicted molar refractivity (Wildman–Crippen MR) is 91.1 cm³/mol. The Balaban J connectivity index is 1.93. The fourth-order valence-corrected chi connectivity index (χ4v) is 2.36. The van der Waals surface area contributed by atoms with Crippen LogP contribution in [0.3, 0.4) is 0 Å². The molecule has 21 heavy (non-hydrogen) atoms. The van der Waals surface area contributed by atoms with Crippen molar-refractivity contribution < 1.29 is 0 Å². The van der Waals surface area contributed by atoms with E-state index in [4.69, 9.17) is 0 Å². The number of hydrogen-bond donors (Lipinski definition) is 1. The number of hydrogen-bond acceptors (Lipinski definition) is 1. The van der Waals surface area contributed by atoms with Crippen LogP contribution in [0.5, 0.6) is 0 Å². The minimum atomic E-state index is 1.12. The maximum atomic E-state index is 3.51. The van der Waals surface area contributed by atoms with Gasteiger partial charge in [0.25, 0.3) is 0 Å². The molecule has 3 rings (SSSR count). The van der Waals surface area contributed by atoms with E-state index in [2.05, 4.69) is 85.9 Å². The van der Waals surface area contributed by atoms with E-state index in [0.717, 1.165) is 11.4 Å². The van der Waals surface area contributed by atoms with Crippen LogP contribution in [0.25, 0.3) is 11.1 Å². The second-order valence-corrected chi connectivity index (χ2v) is 5.39. The molecule has 0 bridgehead atoms. The molecule has 0 aromatic heterocycles. The van der Waals surface area contributed by atoms with Crippen molar-refractivity contribution >= 4 is 11.4 Å². The van der Waals surface area contributed by atoms with E-state index < -0.39 is 0 Å². The largest absolute Gasteiger partial charge is 0.355 e. The topological polar surface area (TPSA) is 12.0 Å². The van der Waals surface area contributed by atoms with Gasteiger partial charge in [0, 0.05) is 11.4 Å². The number of rotatable bonds is 3. The quantitative estimate of drug-likeness (QED) is 0.644. The zero-order chi connectivity index (χ0) is 14.7. The van der Waals surface area contributed by atoms with Crippen LogP contribution in [-0.2, 0) is 0 Å². The molecule has 0 unspecified atom stereocenters. The third-order valence-electron chi connectivity index (χ3n) is 3.68. The molecule has 0 aliphatic carbocycles. The second-order valence-electron chi connectivity index (χ2n) is 5.39. The summed E-state index contributed by atoms with van der Waals surface area (Å²) in [4.78, 5) is 0. The predicted octanol–water partition coefficient (Wildman–Crippen LogP) is 5.71. The highest BCUT2D eigenvalue weighted by Crippen LogP contribution is 2.27. The SMILES string of the molecule is Cc1ccc(Nc2cc(-c3ccccc3)ccc2C)cc1. The molecule has 0 radical (unpaired) electrons. The Morgan fingerprint density at radius 1 is 0.667 bits per heavy atom. The van der Waals surface area contributed by atoms with E-state index in [1.54, 1.807) is 0 Å². The molecule has 1 heteroatoms. The Hall–Kier alpha value is -2.54. The van der Waals surface area contributed by atoms with Crippen molar-refractivity contribution in [3.63, 3.8) is 0 Å². The van der Waals surface area contributed by atoms with Crippen molar-refractivity contribution in [1.29, 1.82) is 0 Å². The highest BCUT2D eigenvalue weighted by atomic mass is 14.9. The Labute approximate surface area is 126 Å². The fourth-order valence-electron chi connectivity index (χ4n) is 2.36. The summed E-state index contributed by atoms with van der Waals surface area (Å²) >= 11 is 0. The molecule has 3 aromatic carbocycles. The van der Waals surface area contributed by atoms with Crippen LogP contribution in [0, 0.1) is 13.8 Å². The van der Waals surface area contributed by atoms with Gasteiger partial charge in [0.1, 0.15) is 0 Å². The van der Waals surface area contributed by atoms with Crippen molar-refractivity contribution in [3.05, 3.63) is 83.9 Å². The molecule has 0 spiro atoms. The van der Waals surface area contributed by atoms with Crippen molar-refractivity contribution in [2.24, 2.45) is 0 Å². The lowest BCUT2D eigenvalue weighted by Gasteiger charge is -2.12. The molecule has 0 aliphatic rings. The molecule has 3 aromatic rings. The van der Waals surface area contributed by atoms with E-state index in [9.17, 15) is 0 Å². The monoisotopic (exact) mass is 273 g/mol. The van der Waals surface area contributed by atoms with Gasteiger partial charge in [-0.25, -0.2) is 0 Å². The van der Waals surface area contributed by atoms with Gasteiger partial charge in [-0.3, -0.25) is 0 Å². The molecule has 0 aliphatic heterocycles. The molecule has 0 saturated carbocycles. The van der Waals surface area contributed by atoms with Crippen LogP contribution in [0.1, 0.15) is 11.1 Å². The summed E-state index contributed by atoms with van der Waals surface area (Å²) in [7, 11) is 0. The lowest BCUT2D eigenvalue weighted by molar-refractivity contribution is 1.41. The number of aryl methyl sites for hydroxylation is 2. The van der Waals surface area contributed by atoms with E-state index in [1.165, 1.54) is 22.3 Å². The van der Waals surface area contributed by atoms with Gasteiger partial charge in [-0.15, -0.1) is 0 Å². The summed E-state index contributed by atoms with van der Waals surface area (Å²) in [6.45, 7) is 4.23. The first-order valence-corrected chi connectivity index (χ1v) is 7.22. The summed E-state index contributed by atoms with van der Waals surface area (Å²) in [5, 5.41) is 3.51. The smallest absolute Gasteiger partial charge is 0.0420 e. The standard InChI is InChI=1S/C20H19N/c1-15-8-12-19(13-9-15)21-20-14-18(11-10-16(20)2)17-6-4-3-5-7-17/h3-14,21H,1-2H3. The van der Waals surface area contributed by atoms with Crippen molar-refractivity contribution in [1.82, 2.24) is 0 Å². The van der Waals surface area contributed by atoms with Crippen LogP contribution in [-0.4, -0.2) is 0 Å². The average Bonchev–Trinajstić information content (AvgIpc) is 2.52. The first-order chi connectivity index (χ1) is 10.2. The third-order valence-corrected chi connectivity index (χ3v) is 3.68. The highest BCUT2D eigenvalue weighted by molar-refractivity contribution is 5.73. The Morgan fingerprint density at radius 2 is 1.38 bits per heavy atom. The molecule has 0 atom stereocenters. The van der Waals surface area contributed by atoms with Gasteiger partial charge in [-0.1, -0.05) is 60.2 Å². The average molecular weight is 273 g/mol. The van der Waals surface area contributed by atoms with Gasteiger partial charge in [0.15, 0.2) is 0 Å². The van der Waals surface area contributed by atoms with Gasteiger partial charge in [0.2, 0.25) is 0 Å². The van der Waals surface area contributed by atoms with E-state index in [-0.39, 0.29) is 0 Å². The summed E-state index contributed by atoms with van der Waals surface area (Å²) in [6.07, 6.45) is 0. The summed E-state index contributed by atoms with van der Waals surface area (Å²) in [5.41, 5.74) is 7.26. The fraction of sp³-hybridized carbons (Fsp3) is 0.100. The molecule has 1 nitrogen and oxygen atoms in total. The van der Waals surface area contributed by atoms with Crippen LogP contribution in [0.2, 0.25) is 0 Å². The van der Waals surface area contributed by atoms with E-state index in [1.807, 2.05) is 6.07 Å². The first-order valence-electron chi connectivity index (χ1n) is 7.22. The third kappa shape index (κ3) is 3.14. The Kier molecular flexibility index (Phi) is 3.74. The van der Waals surface area contributed by atoms with E-state index >= 15 is 0 Å². The molecule has 0 amide bonds. The first kappa shape index (κ1) is 13.4. The molecular weight excluding hydrogens is 254 g/mol. The van der Waals surface area contributed by atoms with E-state index in [0.29, 0.717) is 0 Å². The lowest BCUT2D eigenvalue weighted by Crippen LogP contribution is -1.93. The van der Waals surface area contributed by atoms with Crippen LogP contribution < -0.4 is 5.32 Å². The minimum Gasteiger partial charge on any atom is -0.355 e. The van der Waals surface area contributed by atoms with Crippen molar-refractivity contribution in [2.75, 3.05) is 5.32 Å². The highest BCUT2D eigenvalue weighted by Gasteiger charge is 2.03. The second kappa shape index (κ2) is 5.84. The summed E-state index contributed by atoms with van der Waals surface area (Å²) < 4.78 is 0. The zero-order valence-electron chi connectivity index (χ0n) is 12.4. The van der Waals surface area contributed by atoms with Crippen LogP contribution in [0.15, 0.2) is 72.8 Å². The van der Waals surface area contributed by atoms with Gasteiger partial charge in [-0.2, -0.15) is 0 Å². The zero-order valence-corrected chi connectivity index (χ0v) is 12.4. The summed E-state index contributed by atoms with van der Waals surface area (Å²) in [6, 6.07) is 25.5. The minimum absolute atomic E-state index is 1.12. The van der Waals surface area contributed by atoms with Gasteiger partial charge in [-0.05, 0) is 48.7 Å². The van der Waals surface area contributed by atoms with Gasteiger partial charge in [0.05, 0.1) is 0 Å². The summed E-state index contributed by atoms with van der Waals surface area (Å²) in [5.74, 6) is 0. The van der Waals surface area contributed by atoms with Crippen molar-refractivity contribution in [3.8, 4) is 11.1 Å². The van der Waals surface area contributed by atoms with Crippen LogP contribution >= 0.6 is 0 Å². The number of anilines is 2. The molecule has 1 N–H and O–H groups in total. The molecule has 0 fully saturated rings. The number of nitrogens with one attached hydrogen (secondary N) is 1. The van der Waals surface area contributed by atoms with Crippen molar-refractivity contribution in [2.45, 2.75) is 13.8 Å². The molecule has 0 saturated heterocycles. The molecular formula is C20H19N. The maximum absolute atomic E-state index is 3.51. The Bertz CT molecular complexity index is 728. The molecule has 0 heterocycles. The van der Waals surface area contributed by atoms with Crippen LogP contribution in [0.4, 0.5) is 11.4 Å². The maximum Gasteiger partial charge on any atom is 0.0420 e. The van der Waals surface area contributed by atoms with Gasteiger partial charge >= 0.3 is 0 Å². The lowest BCUT2D eigenvalue weighted by atomic mass is 10.0. The van der Waals surface area contributed by atoms with Gasteiger partial charge < -0.3 is 5.32 Å². The molecule has 104 valence electrons. The number of benzene rings is 3.